The fourth-order valence-electron chi connectivity index (χ4n) is 3.36. The standard InChI is InChI=1S/C16H19NO5S/c18-15(17-7-4-8-17)13-9-12(10-14(13)16(19)20)23(21,22)11-5-2-1-3-6-11/h1-3,5-6,12-14H,4,7-10H2,(H,19,20)/t12-,13-,14-/m1/s1. The van der Waals surface area contributed by atoms with E-state index in [9.17, 15) is 23.1 Å². The van der Waals surface area contributed by atoms with Gasteiger partial charge in [-0.05, 0) is 31.4 Å². The molecule has 1 saturated carbocycles. The highest BCUT2D eigenvalue weighted by Crippen LogP contribution is 2.40. The minimum Gasteiger partial charge on any atom is -0.481 e. The Hall–Kier alpha value is -1.89. The minimum atomic E-state index is -3.62. The van der Waals surface area contributed by atoms with Gasteiger partial charge in [-0.25, -0.2) is 8.42 Å². The minimum absolute atomic E-state index is 0.00317. The molecule has 3 rings (SSSR count). The molecule has 0 unspecified atom stereocenters. The summed E-state index contributed by atoms with van der Waals surface area (Å²) >= 11 is 0. The number of likely N-dealkylation sites (tertiary alicyclic amines) is 1. The van der Waals surface area contributed by atoms with Gasteiger partial charge in [-0.1, -0.05) is 18.2 Å². The zero-order valence-corrected chi connectivity index (χ0v) is 13.4. The number of nitrogens with zero attached hydrogens (tertiary/aromatic N) is 1. The van der Waals surface area contributed by atoms with Crippen LogP contribution >= 0.6 is 0 Å². The van der Waals surface area contributed by atoms with E-state index < -0.39 is 32.9 Å². The molecule has 124 valence electrons. The zero-order valence-electron chi connectivity index (χ0n) is 12.6. The molecule has 2 fully saturated rings. The molecule has 1 saturated heterocycles. The molecule has 3 atom stereocenters. The summed E-state index contributed by atoms with van der Waals surface area (Å²) < 4.78 is 25.4. The number of amides is 1. The summed E-state index contributed by atoms with van der Waals surface area (Å²) in [4.78, 5) is 25.7. The Labute approximate surface area is 135 Å². The Kier molecular flexibility index (Phi) is 4.14. The van der Waals surface area contributed by atoms with E-state index in [1.54, 1.807) is 23.1 Å². The van der Waals surface area contributed by atoms with Crippen LogP contribution in [0.4, 0.5) is 0 Å². The lowest BCUT2D eigenvalue weighted by Gasteiger charge is -2.34. The van der Waals surface area contributed by atoms with E-state index in [4.69, 9.17) is 0 Å². The van der Waals surface area contributed by atoms with E-state index >= 15 is 0 Å². The number of carbonyl (C=O) groups is 2. The molecule has 1 heterocycles. The molecular weight excluding hydrogens is 318 g/mol. The quantitative estimate of drug-likeness (QED) is 0.890. The molecule has 0 spiro atoms. The molecule has 7 heteroatoms. The number of rotatable bonds is 4. The summed E-state index contributed by atoms with van der Waals surface area (Å²) in [6.07, 6.45) is 1.00. The lowest BCUT2D eigenvalue weighted by atomic mass is 9.93. The monoisotopic (exact) mass is 337 g/mol. The zero-order chi connectivity index (χ0) is 16.6. The predicted octanol–water partition coefficient (Wildman–Crippen LogP) is 1.17. The van der Waals surface area contributed by atoms with Crippen LogP contribution in [0.3, 0.4) is 0 Å². The highest BCUT2D eigenvalue weighted by Gasteiger charge is 2.49. The largest absolute Gasteiger partial charge is 0.481 e. The van der Waals surface area contributed by atoms with E-state index in [0.717, 1.165) is 6.42 Å². The van der Waals surface area contributed by atoms with Crippen LogP contribution in [0, 0.1) is 11.8 Å². The number of hydrogen-bond donors (Lipinski definition) is 1. The molecule has 0 aromatic heterocycles. The second-order valence-electron chi connectivity index (χ2n) is 6.18. The molecule has 6 nitrogen and oxygen atoms in total. The second-order valence-corrected chi connectivity index (χ2v) is 8.41. The van der Waals surface area contributed by atoms with Crippen LogP contribution in [0.1, 0.15) is 19.3 Å². The van der Waals surface area contributed by atoms with Crippen LogP contribution in [0.2, 0.25) is 0 Å². The Morgan fingerprint density at radius 3 is 2.17 bits per heavy atom. The van der Waals surface area contributed by atoms with Crippen LogP contribution in [0.15, 0.2) is 35.2 Å². The van der Waals surface area contributed by atoms with Crippen molar-refractivity contribution in [2.24, 2.45) is 11.8 Å². The summed E-state index contributed by atoms with van der Waals surface area (Å²) in [6, 6.07) is 8.02. The van der Waals surface area contributed by atoms with Gasteiger partial charge >= 0.3 is 5.97 Å². The molecular formula is C16H19NO5S. The number of aliphatic carboxylic acids is 1. The lowest BCUT2D eigenvalue weighted by Crippen LogP contribution is -2.46. The van der Waals surface area contributed by atoms with E-state index in [1.807, 2.05) is 0 Å². The average molecular weight is 337 g/mol. The molecule has 1 aromatic carbocycles. The third-order valence-electron chi connectivity index (χ3n) is 4.83. The van der Waals surface area contributed by atoms with Gasteiger partial charge in [0.2, 0.25) is 5.91 Å². The molecule has 1 aromatic rings. The van der Waals surface area contributed by atoms with Crippen molar-refractivity contribution in [3.05, 3.63) is 30.3 Å². The Morgan fingerprint density at radius 2 is 1.65 bits per heavy atom. The maximum Gasteiger partial charge on any atom is 0.307 e. The van der Waals surface area contributed by atoms with E-state index in [2.05, 4.69) is 0 Å². The Balaban J connectivity index is 1.85. The van der Waals surface area contributed by atoms with Crippen molar-refractivity contribution >= 4 is 21.7 Å². The van der Waals surface area contributed by atoms with Crippen molar-refractivity contribution in [3.63, 3.8) is 0 Å². The summed E-state index contributed by atoms with van der Waals surface area (Å²) in [6.45, 7) is 1.27. The van der Waals surface area contributed by atoms with Crippen LogP contribution < -0.4 is 0 Å². The predicted molar refractivity (Wildman–Crippen MR) is 82.5 cm³/mol. The maximum absolute atomic E-state index is 12.7. The fourth-order valence-corrected chi connectivity index (χ4v) is 5.21. The van der Waals surface area contributed by atoms with Gasteiger partial charge in [0.1, 0.15) is 0 Å². The van der Waals surface area contributed by atoms with Crippen molar-refractivity contribution in [1.82, 2.24) is 4.90 Å². The summed E-state index contributed by atoms with van der Waals surface area (Å²) in [5, 5.41) is 8.58. The maximum atomic E-state index is 12.7. The topological polar surface area (TPSA) is 91.7 Å². The van der Waals surface area contributed by atoms with Gasteiger partial charge in [-0.2, -0.15) is 0 Å². The van der Waals surface area contributed by atoms with E-state index in [1.165, 1.54) is 12.1 Å². The molecule has 1 N–H and O–H groups in total. The van der Waals surface area contributed by atoms with Crippen molar-refractivity contribution in [2.75, 3.05) is 13.1 Å². The molecule has 0 radical (unpaired) electrons. The number of benzene rings is 1. The van der Waals surface area contributed by atoms with Crippen LogP contribution in [-0.2, 0) is 19.4 Å². The first-order valence-corrected chi connectivity index (χ1v) is 9.26. The summed E-state index contributed by atoms with van der Waals surface area (Å²) in [5.41, 5.74) is 0. The van der Waals surface area contributed by atoms with Gasteiger partial charge in [0.05, 0.1) is 22.0 Å². The first kappa shape index (κ1) is 16.0. The molecule has 1 aliphatic heterocycles. The highest BCUT2D eigenvalue weighted by molar-refractivity contribution is 7.92. The number of hydrogen-bond acceptors (Lipinski definition) is 4. The Bertz CT molecular complexity index is 711. The number of carbonyl (C=O) groups excluding carboxylic acids is 1. The van der Waals surface area contributed by atoms with Gasteiger partial charge < -0.3 is 10.0 Å². The number of carboxylic acid groups (broad SMARTS) is 1. The van der Waals surface area contributed by atoms with Crippen molar-refractivity contribution in [3.8, 4) is 0 Å². The third-order valence-corrected chi connectivity index (χ3v) is 7.02. The normalized spacial score (nSPS) is 27.5. The molecule has 1 aliphatic carbocycles. The van der Waals surface area contributed by atoms with Crippen molar-refractivity contribution in [2.45, 2.75) is 29.4 Å². The number of sulfone groups is 1. The number of carboxylic acids is 1. The molecule has 2 aliphatic rings. The average Bonchev–Trinajstić information content (AvgIpc) is 2.92. The third kappa shape index (κ3) is 2.85. The second kappa shape index (κ2) is 5.96. The SMILES string of the molecule is O=C(O)[C@@H]1C[C@H](S(=O)(=O)c2ccccc2)C[C@H]1C(=O)N1CCC1. The Morgan fingerprint density at radius 1 is 1.04 bits per heavy atom. The van der Waals surface area contributed by atoms with Crippen LogP contribution in [-0.4, -0.2) is 48.6 Å². The van der Waals surface area contributed by atoms with Crippen molar-refractivity contribution < 1.29 is 23.1 Å². The smallest absolute Gasteiger partial charge is 0.307 e. The van der Waals surface area contributed by atoms with Gasteiger partial charge in [0, 0.05) is 13.1 Å². The van der Waals surface area contributed by atoms with Gasteiger partial charge in [0.15, 0.2) is 9.84 Å². The fraction of sp³-hybridized carbons (Fsp3) is 0.500. The van der Waals surface area contributed by atoms with E-state index in [-0.39, 0.29) is 23.6 Å². The molecule has 23 heavy (non-hydrogen) atoms. The van der Waals surface area contributed by atoms with Crippen LogP contribution in [0.25, 0.3) is 0 Å². The summed E-state index contributed by atoms with van der Waals surface area (Å²) in [5.74, 6) is -2.97. The van der Waals surface area contributed by atoms with Gasteiger partial charge in [-0.3, -0.25) is 9.59 Å². The lowest BCUT2D eigenvalue weighted by molar-refractivity contribution is -0.150. The highest BCUT2D eigenvalue weighted by atomic mass is 32.2. The molecule has 0 bridgehead atoms. The van der Waals surface area contributed by atoms with Crippen LogP contribution in [0.5, 0.6) is 0 Å². The first-order valence-electron chi connectivity index (χ1n) is 7.72. The van der Waals surface area contributed by atoms with E-state index in [0.29, 0.717) is 13.1 Å². The van der Waals surface area contributed by atoms with Crippen molar-refractivity contribution in [1.29, 1.82) is 0 Å². The summed E-state index contributed by atoms with van der Waals surface area (Å²) in [7, 11) is -3.62. The first-order chi connectivity index (χ1) is 10.9. The molecule has 1 amide bonds. The van der Waals surface area contributed by atoms with Gasteiger partial charge in [-0.15, -0.1) is 0 Å². The van der Waals surface area contributed by atoms with Gasteiger partial charge in [0.25, 0.3) is 0 Å².